The van der Waals surface area contributed by atoms with Crippen molar-refractivity contribution in [1.29, 1.82) is 0 Å². The van der Waals surface area contributed by atoms with Gasteiger partial charge in [-0.2, -0.15) is 0 Å². The van der Waals surface area contributed by atoms with Crippen LogP contribution in [0.15, 0.2) is 0 Å². The molecule has 0 radical (unpaired) electrons. The highest BCUT2D eigenvalue weighted by molar-refractivity contribution is 4.97. The molecule has 0 aromatic rings. The Morgan fingerprint density at radius 2 is 1.82 bits per heavy atom. The zero-order chi connectivity index (χ0) is 8.54. The predicted octanol–water partition coefficient (Wildman–Crippen LogP) is 1.17. The second-order valence-electron chi connectivity index (χ2n) is 4.33. The van der Waals surface area contributed by atoms with Crippen molar-refractivity contribution in [2.45, 2.75) is 33.1 Å². The Balaban J connectivity index is 2.68. The first-order valence-electron chi connectivity index (χ1n) is 4.30. The van der Waals surface area contributed by atoms with E-state index in [1.165, 1.54) is 6.42 Å². The quantitative estimate of drug-likeness (QED) is 0.647. The van der Waals surface area contributed by atoms with Crippen molar-refractivity contribution < 1.29 is 10.2 Å². The van der Waals surface area contributed by atoms with Crippen molar-refractivity contribution >= 4 is 0 Å². The fraction of sp³-hybridized carbons (Fsp3) is 1.00. The standard InChI is InChI=1S/C9H18O2/c1-8(2,6-10)9(7-11)4-3-5-9/h10-11H,3-7H2,1-2H3. The normalized spacial score (nSPS) is 22.9. The van der Waals surface area contributed by atoms with Crippen LogP contribution in [0.4, 0.5) is 0 Å². The fourth-order valence-electron chi connectivity index (χ4n) is 1.82. The van der Waals surface area contributed by atoms with Gasteiger partial charge in [0.15, 0.2) is 0 Å². The number of hydrogen-bond acceptors (Lipinski definition) is 2. The van der Waals surface area contributed by atoms with E-state index in [0.717, 1.165) is 12.8 Å². The van der Waals surface area contributed by atoms with Crippen LogP contribution >= 0.6 is 0 Å². The summed E-state index contributed by atoms with van der Waals surface area (Å²) in [6.07, 6.45) is 3.33. The SMILES string of the molecule is CC(C)(CO)C1(CO)CCC1. The Bertz CT molecular complexity index is 131. The van der Waals surface area contributed by atoms with Gasteiger partial charge in [0.05, 0.1) is 0 Å². The summed E-state index contributed by atoms with van der Waals surface area (Å²) in [6, 6.07) is 0. The third-order valence-corrected chi connectivity index (χ3v) is 3.44. The molecule has 0 amide bonds. The summed E-state index contributed by atoms with van der Waals surface area (Å²) < 4.78 is 0. The molecule has 0 aromatic heterocycles. The molecule has 0 unspecified atom stereocenters. The Kier molecular flexibility index (Phi) is 2.26. The zero-order valence-corrected chi connectivity index (χ0v) is 7.43. The summed E-state index contributed by atoms with van der Waals surface area (Å²) in [7, 11) is 0. The molecule has 0 bridgehead atoms. The molecule has 0 atom stereocenters. The van der Waals surface area contributed by atoms with Crippen LogP contribution in [0.25, 0.3) is 0 Å². The molecule has 1 rings (SSSR count). The molecule has 1 aliphatic rings. The van der Waals surface area contributed by atoms with Gasteiger partial charge in [0.2, 0.25) is 0 Å². The number of aliphatic hydroxyl groups is 2. The molecule has 1 fully saturated rings. The van der Waals surface area contributed by atoms with Crippen molar-refractivity contribution in [1.82, 2.24) is 0 Å². The maximum absolute atomic E-state index is 9.19. The lowest BCUT2D eigenvalue weighted by Crippen LogP contribution is -2.48. The first kappa shape index (κ1) is 9.01. The number of rotatable bonds is 3. The van der Waals surface area contributed by atoms with Gasteiger partial charge in [-0.25, -0.2) is 0 Å². The largest absolute Gasteiger partial charge is 0.396 e. The van der Waals surface area contributed by atoms with Gasteiger partial charge in [-0.15, -0.1) is 0 Å². The minimum atomic E-state index is -0.111. The summed E-state index contributed by atoms with van der Waals surface area (Å²) in [6.45, 7) is 4.46. The second kappa shape index (κ2) is 2.76. The highest BCUT2D eigenvalue weighted by Crippen LogP contribution is 2.53. The first-order chi connectivity index (χ1) is 5.08. The molecule has 66 valence electrons. The second-order valence-corrected chi connectivity index (χ2v) is 4.33. The number of hydrogen-bond donors (Lipinski definition) is 2. The smallest absolute Gasteiger partial charge is 0.0493 e. The van der Waals surface area contributed by atoms with Crippen LogP contribution in [0.1, 0.15) is 33.1 Å². The van der Waals surface area contributed by atoms with Gasteiger partial charge in [-0.3, -0.25) is 0 Å². The summed E-state index contributed by atoms with van der Waals surface area (Å²) in [4.78, 5) is 0. The molecular formula is C9H18O2. The van der Waals surface area contributed by atoms with E-state index in [1.54, 1.807) is 0 Å². The lowest BCUT2D eigenvalue weighted by molar-refractivity contribution is -0.0873. The Morgan fingerprint density at radius 3 is 1.91 bits per heavy atom. The topological polar surface area (TPSA) is 40.5 Å². The molecule has 2 N–H and O–H groups in total. The Labute approximate surface area is 68.2 Å². The van der Waals surface area contributed by atoms with E-state index >= 15 is 0 Å². The average molecular weight is 158 g/mol. The third kappa shape index (κ3) is 1.18. The van der Waals surface area contributed by atoms with E-state index in [4.69, 9.17) is 5.11 Å². The molecule has 0 heterocycles. The third-order valence-electron chi connectivity index (χ3n) is 3.44. The molecule has 2 heteroatoms. The molecule has 2 nitrogen and oxygen atoms in total. The minimum absolute atomic E-state index is 0.0156. The van der Waals surface area contributed by atoms with E-state index in [-0.39, 0.29) is 24.0 Å². The average Bonchev–Trinajstić information content (AvgIpc) is 1.86. The lowest BCUT2D eigenvalue weighted by atomic mass is 9.55. The molecule has 0 spiro atoms. The monoisotopic (exact) mass is 158 g/mol. The minimum Gasteiger partial charge on any atom is -0.396 e. The molecule has 0 saturated heterocycles. The van der Waals surface area contributed by atoms with Crippen LogP contribution in [0.5, 0.6) is 0 Å². The molecule has 11 heavy (non-hydrogen) atoms. The summed E-state index contributed by atoms with van der Waals surface area (Å²) in [5, 5.41) is 18.3. The van der Waals surface area contributed by atoms with Gasteiger partial charge < -0.3 is 10.2 Å². The first-order valence-corrected chi connectivity index (χ1v) is 4.30. The zero-order valence-electron chi connectivity index (χ0n) is 7.43. The summed E-state index contributed by atoms with van der Waals surface area (Å²) in [5.41, 5.74) is -0.0955. The maximum atomic E-state index is 9.19. The number of aliphatic hydroxyl groups excluding tert-OH is 2. The van der Waals surface area contributed by atoms with Gasteiger partial charge in [0.25, 0.3) is 0 Å². The van der Waals surface area contributed by atoms with Gasteiger partial charge in [0.1, 0.15) is 0 Å². The molecule has 1 aliphatic carbocycles. The maximum Gasteiger partial charge on any atom is 0.0493 e. The van der Waals surface area contributed by atoms with E-state index in [0.29, 0.717) is 0 Å². The van der Waals surface area contributed by atoms with E-state index in [1.807, 2.05) is 13.8 Å². The van der Waals surface area contributed by atoms with Gasteiger partial charge in [0, 0.05) is 18.6 Å². The lowest BCUT2D eigenvalue weighted by Gasteiger charge is -2.51. The van der Waals surface area contributed by atoms with Crippen LogP contribution in [-0.2, 0) is 0 Å². The molecule has 1 saturated carbocycles. The van der Waals surface area contributed by atoms with Gasteiger partial charge >= 0.3 is 0 Å². The predicted molar refractivity (Wildman–Crippen MR) is 44.2 cm³/mol. The molecule has 0 aromatic carbocycles. The molecule has 0 aliphatic heterocycles. The van der Waals surface area contributed by atoms with Gasteiger partial charge in [-0.1, -0.05) is 20.3 Å². The van der Waals surface area contributed by atoms with Crippen LogP contribution in [0.3, 0.4) is 0 Å². The van der Waals surface area contributed by atoms with Crippen molar-refractivity contribution in [3.8, 4) is 0 Å². The highest BCUT2D eigenvalue weighted by Gasteiger charge is 2.48. The van der Waals surface area contributed by atoms with Crippen LogP contribution in [-0.4, -0.2) is 23.4 Å². The van der Waals surface area contributed by atoms with E-state index < -0.39 is 0 Å². The van der Waals surface area contributed by atoms with Crippen LogP contribution in [0, 0.1) is 10.8 Å². The van der Waals surface area contributed by atoms with Gasteiger partial charge in [-0.05, 0) is 18.3 Å². The Morgan fingerprint density at radius 1 is 1.27 bits per heavy atom. The summed E-state index contributed by atoms with van der Waals surface area (Å²) >= 11 is 0. The Hall–Kier alpha value is -0.0800. The van der Waals surface area contributed by atoms with E-state index in [9.17, 15) is 5.11 Å². The van der Waals surface area contributed by atoms with Crippen molar-refractivity contribution in [3.05, 3.63) is 0 Å². The highest BCUT2D eigenvalue weighted by atomic mass is 16.3. The molecular weight excluding hydrogens is 140 g/mol. The van der Waals surface area contributed by atoms with Crippen molar-refractivity contribution in [2.75, 3.05) is 13.2 Å². The summed E-state index contributed by atoms with van der Waals surface area (Å²) in [5.74, 6) is 0. The van der Waals surface area contributed by atoms with Crippen molar-refractivity contribution in [3.63, 3.8) is 0 Å². The van der Waals surface area contributed by atoms with E-state index in [2.05, 4.69) is 0 Å². The van der Waals surface area contributed by atoms with Crippen LogP contribution in [0.2, 0.25) is 0 Å². The van der Waals surface area contributed by atoms with Crippen molar-refractivity contribution in [2.24, 2.45) is 10.8 Å². The van der Waals surface area contributed by atoms with Crippen LogP contribution < -0.4 is 0 Å². The fourth-order valence-corrected chi connectivity index (χ4v) is 1.82.